The third-order valence-electron chi connectivity index (χ3n) is 24.6. The fraction of sp³-hybridized carbons (Fsp3) is 0.842. The van der Waals surface area contributed by atoms with Gasteiger partial charge in [0.1, 0.15) is 59.9 Å². The zero-order valence-corrected chi connectivity index (χ0v) is 68.0. The second kappa shape index (κ2) is 38.5. The van der Waals surface area contributed by atoms with Crippen LogP contribution in [0.15, 0.2) is 0 Å². The fourth-order valence-electron chi connectivity index (χ4n) is 16.8. The lowest BCUT2D eigenvalue weighted by Gasteiger charge is -2.45. The van der Waals surface area contributed by atoms with E-state index < -0.39 is 173 Å². The molecule has 29 heteroatoms. The van der Waals surface area contributed by atoms with Gasteiger partial charge in [0, 0.05) is 80.2 Å². The Morgan fingerprint density at radius 1 is 0.619 bits per heavy atom. The largest absolute Gasteiger partial charge is 0.393 e. The molecule has 16 atom stereocenters. The highest BCUT2D eigenvalue weighted by atomic mass is 79.9. The molecular weight excluding hydrogens is 1450 g/mol. The van der Waals surface area contributed by atoms with Crippen LogP contribution in [0.4, 0.5) is 13.2 Å². The Morgan fingerprint density at radius 3 is 1.77 bits per heavy atom. The summed E-state index contributed by atoms with van der Waals surface area (Å²) in [4.78, 5) is 193. The van der Waals surface area contributed by atoms with Gasteiger partial charge in [-0.05, 0) is 132 Å². The van der Waals surface area contributed by atoms with Crippen LogP contribution < -0.4 is 16.0 Å². The van der Waals surface area contributed by atoms with Crippen molar-refractivity contribution in [2.24, 2.45) is 47.3 Å². The van der Waals surface area contributed by atoms with Crippen LogP contribution in [-0.4, -0.2) is 268 Å². The summed E-state index contributed by atoms with van der Waals surface area (Å²) in [6, 6.07) is -11.1. The van der Waals surface area contributed by atoms with E-state index in [1.165, 1.54) is 110 Å². The fourth-order valence-corrected chi connectivity index (χ4v) is 18.2. The van der Waals surface area contributed by atoms with Crippen LogP contribution in [0.1, 0.15) is 209 Å². The zero-order chi connectivity index (χ0) is 78.6. The Kier molecular flexibility index (Phi) is 32.3. The lowest BCUT2D eigenvalue weighted by molar-refractivity contribution is -0.182. The maximum Gasteiger partial charge on any atom is 0.393 e. The summed E-state index contributed by atoms with van der Waals surface area (Å²) in [6.07, 6.45) is 3.97. The summed E-state index contributed by atoms with van der Waals surface area (Å²) in [5.74, 6) is -10.8. The Balaban J connectivity index is 1.48. The first-order valence-corrected chi connectivity index (χ1v) is 40.1. The monoisotopic (exact) mass is 1570 g/mol. The van der Waals surface area contributed by atoms with Crippen molar-refractivity contribution in [3.8, 4) is 0 Å². The summed E-state index contributed by atoms with van der Waals surface area (Å²) in [7, 11) is 13.0. The average Bonchev–Trinajstić information content (AvgIpc) is 1.75. The van der Waals surface area contributed by atoms with E-state index >= 15 is 28.8 Å². The SMILES string of the molecule is CC[C@H](C)[C@@H]1NC(=O)[C@H](CC(C)C)N(C)C(=O)C[C@@H](C(=O)N(C)C)N(C)C(=O)[C@H]([C@@H](C)CC)N(C)C(=O)C2(CCCC2)NC(=O)[C@H](CC2CCCC(Br)C2)N(C)C(=O)[C@H](CCC2CCC(C(F)(F)F)C(Cl)C2)NC(=O)CN(C)C(=O)[C@H](CC2CCC(C)CC2)N(C)C(=O)[C@@H]2CCN2C(=O)[C@H](C)N(C)C1=O. The number of nitrogens with one attached hydrogen (secondary N) is 3. The molecule has 1 spiro atoms. The van der Waals surface area contributed by atoms with Crippen LogP contribution in [0, 0.1) is 47.3 Å². The van der Waals surface area contributed by atoms with Crippen LogP contribution >= 0.6 is 27.5 Å². The maximum absolute atomic E-state index is 15.8. The van der Waals surface area contributed by atoms with Gasteiger partial charge in [-0.2, -0.15) is 13.2 Å². The molecule has 0 aromatic heterocycles. The number of alkyl halides is 5. The van der Waals surface area contributed by atoms with Crippen LogP contribution in [0.25, 0.3) is 0 Å². The molecule has 6 fully saturated rings. The topological polar surface area (TPSA) is 270 Å². The van der Waals surface area contributed by atoms with E-state index in [0.29, 0.717) is 44.4 Å². The van der Waals surface area contributed by atoms with E-state index in [2.05, 4.69) is 38.8 Å². The molecular formula is C76H125BrClF3N12O12. The van der Waals surface area contributed by atoms with Gasteiger partial charge in [-0.25, -0.2) is 0 Å². The third-order valence-corrected chi connectivity index (χ3v) is 25.9. The number of hydrogen-bond donors (Lipinski definition) is 3. The number of carbonyl (C=O) groups is 12. The quantitative estimate of drug-likeness (QED) is 0.140. The lowest BCUT2D eigenvalue weighted by atomic mass is 9.78. The van der Waals surface area contributed by atoms with Crippen molar-refractivity contribution >= 4 is 98.4 Å². The summed E-state index contributed by atoms with van der Waals surface area (Å²) < 4.78 is 42.4. The molecule has 596 valence electrons. The van der Waals surface area contributed by atoms with E-state index in [4.69, 9.17) is 11.6 Å². The molecule has 24 nitrogen and oxygen atoms in total. The van der Waals surface area contributed by atoms with Gasteiger partial charge in [-0.1, -0.05) is 129 Å². The first kappa shape index (κ1) is 88.1. The molecule has 0 aromatic rings. The Labute approximate surface area is 635 Å². The molecule has 6 rings (SSSR count). The first-order chi connectivity index (χ1) is 49.1. The number of rotatable bonds is 14. The van der Waals surface area contributed by atoms with Crippen LogP contribution in [0.2, 0.25) is 0 Å². The number of halogens is 5. The van der Waals surface area contributed by atoms with Gasteiger partial charge in [0.2, 0.25) is 70.9 Å². The molecule has 0 bridgehead atoms. The second-order valence-electron chi connectivity index (χ2n) is 32.8. The van der Waals surface area contributed by atoms with Crippen molar-refractivity contribution in [2.75, 3.05) is 76.5 Å². The van der Waals surface area contributed by atoms with Crippen molar-refractivity contribution in [2.45, 2.75) is 286 Å². The Hall–Kier alpha value is -5.80. The summed E-state index contributed by atoms with van der Waals surface area (Å²) in [5, 5.41) is 7.71. The van der Waals surface area contributed by atoms with Crippen molar-refractivity contribution in [3.63, 3.8) is 0 Å². The lowest BCUT2D eigenvalue weighted by Crippen LogP contribution is -2.65. The highest BCUT2D eigenvalue weighted by Crippen LogP contribution is 2.44. The van der Waals surface area contributed by atoms with E-state index in [1.54, 1.807) is 13.8 Å². The molecule has 6 aliphatic rings. The first-order valence-electron chi connectivity index (χ1n) is 38.7. The molecule has 4 aliphatic carbocycles. The van der Waals surface area contributed by atoms with Crippen LogP contribution in [0.3, 0.4) is 0 Å². The molecule has 12 amide bonds. The van der Waals surface area contributed by atoms with Crippen molar-refractivity contribution in [3.05, 3.63) is 0 Å². The van der Waals surface area contributed by atoms with Crippen molar-refractivity contribution < 1.29 is 70.7 Å². The number of fused-ring (bicyclic) bond motifs is 1. The summed E-state index contributed by atoms with van der Waals surface area (Å²) in [5.41, 5.74) is -1.62. The highest BCUT2D eigenvalue weighted by molar-refractivity contribution is 9.09. The molecule has 0 aromatic carbocycles. The van der Waals surface area contributed by atoms with Gasteiger partial charge in [-0.3, -0.25) is 57.5 Å². The molecule has 3 N–H and O–H groups in total. The van der Waals surface area contributed by atoms with Crippen molar-refractivity contribution in [1.29, 1.82) is 0 Å². The van der Waals surface area contributed by atoms with E-state index in [1.807, 2.05) is 27.7 Å². The van der Waals surface area contributed by atoms with Gasteiger partial charge in [0.25, 0.3) is 0 Å². The van der Waals surface area contributed by atoms with Crippen molar-refractivity contribution in [1.82, 2.24) is 60.0 Å². The molecule has 2 aliphatic heterocycles. The minimum Gasteiger partial charge on any atom is -0.347 e. The van der Waals surface area contributed by atoms with E-state index in [0.717, 1.165) is 43.4 Å². The molecule has 4 saturated carbocycles. The minimum absolute atomic E-state index is 0.00910. The van der Waals surface area contributed by atoms with Gasteiger partial charge in [-0.15, -0.1) is 11.6 Å². The predicted molar refractivity (Wildman–Crippen MR) is 398 cm³/mol. The minimum atomic E-state index is -4.52. The maximum atomic E-state index is 15.8. The third kappa shape index (κ3) is 22.0. The predicted octanol–water partition coefficient (Wildman–Crippen LogP) is 7.98. The second-order valence-corrected chi connectivity index (χ2v) is 34.7. The average molecular weight is 1570 g/mol. The summed E-state index contributed by atoms with van der Waals surface area (Å²) >= 11 is 10.3. The highest BCUT2D eigenvalue weighted by Gasteiger charge is 2.52. The van der Waals surface area contributed by atoms with E-state index in [-0.39, 0.29) is 106 Å². The van der Waals surface area contributed by atoms with Crippen LogP contribution in [-0.2, 0) is 57.5 Å². The number of likely N-dealkylation sites (N-methyl/N-ethyl adjacent to an activating group) is 8. The number of carbonyl (C=O) groups excluding carboxylic acids is 12. The van der Waals surface area contributed by atoms with Gasteiger partial charge >= 0.3 is 6.18 Å². The smallest absolute Gasteiger partial charge is 0.347 e. The van der Waals surface area contributed by atoms with Crippen LogP contribution in [0.5, 0.6) is 0 Å². The van der Waals surface area contributed by atoms with Gasteiger partial charge in [0.15, 0.2) is 0 Å². The number of nitrogens with zero attached hydrogens (tertiary/aromatic N) is 9. The number of hydrogen-bond acceptors (Lipinski definition) is 12. The summed E-state index contributed by atoms with van der Waals surface area (Å²) in [6.45, 7) is 14.2. The normalized spacial score (nSPS) is 32.4. The van der Waals surface area contributed by atoms with Gasteiger partial charge < -0.3 is 60.0 Å². The molecule has 105 heavy (non-hydrogen) atoms. The molecule has 5 unspecified atom stereocenters. The molecule has 2 saturated heterocycles. The Bertz CT molecular complexity index is 3060. The van der Waals surface area contributed by atoms with E-state index in [9.17, 15) is 41.9 Å². The molecule has 2 heterocycles. The van der Waals surface area contributed by atoms with Gasteiger partial charge in [0.05, 0.1) is 18.9 Å². The zero-order valence-electron chi connectivity index (χ0n) is 65.7. The molecule has 0 radical (unpaired) electrons. The number of amides is 12. The standard InChI is InChI=1S/C76H125BrClF3N12O12/c1-18-46(6)63-72(103)87(12)48(8)67(98)93-36-33-56(93)71(102)90(15)59(40-50-27-25-45(5)26-28-50)70(101)86(11)43-61(94)82-55(32-30-49-29-31-53(54(78)39-49)76(79,80)81)68(99)89(14)58(41-51-23-22-24-52(77)38-51)66(97)84-75(34-20-21-35-75)74(105)92(17)64(47(7)19-2)73(104)91(16)60(69(100)85(9)10)42-62(95)88(13)57(37-44(3)4)65(96)83-63/h44-60,63-64H,18-43H2,1-17H3,(H,82,94)(H,83,96)(H,84,97)/t45?,46-,47-,48-,49?,50?,51?,52?,53?,54?,55-,56-,57-,58-,59-,60-,63-,64-/m0/s1. The Morgan fingerprint density at radius 2 is 1.22 bits per heavy atom.